The molecular formula is C23H22N2O3. The Morgan fingerprint density at radius 1 is 0.857 bits per heavy atom. The molecule has 0 saturated carbocycles. The number of ether oxygens (including phenoxy) is 2. The predicted molar refractivity (Wildman–Crippen MR) is 111 cm³/mol. The maximum absolute atomic E-state index is 11.4. The van der Waals surface area contributed by atoms with Gasteiger partial charge in [0, 0.05) is 28.4 Å². The van der Waals surface area contributed by atoms with Crippen LogP contribution in [-0.4, -0.2) is 23.8 Å². The zero-order valence-corrected chi connectivity index (χ0v) is 15.7. The summed E-state index contributed by atoms with van der Waals surface area (Å²) in [7, 11) is 0. The van der Waals surface area contributed by atoms with Gasteiger partial charge in [0.15, 0.2) is 0 Å². The molecule has 142 valence electrons. The molecule has 1 amide bonds. The molecule has 0 aliphatic rings. The van der Waals surface area contributed by atoms with Crippen LogP contribution in [-0.2, 0) is 6.54 Å². The van der Waals surface area contributed by atoms with Crippen molar-refractivity contribution in [2.75, 3.05) is 13.2 Å². The first kappa shape index (κ1) is 17.9. The number of carbonyl (C=O) groups excluding carboxylic acids is 1. The number of benzene rings is 3. The Labute approximate surface area is 163 Å². The van der Waals surface area contributed by atoms with Crippen molar-refractivity contribution in [3.05, 3.63) is 72.8 Å². The molecule has 5 nitrogen and oxygen atoms in total. The molecule has 1 N–H and O–H groups in total. The molecule has 0 radical (unpaired) electrons. The lowest BCUT2D eigenvalue weighted by Crippen LogP contribution is -2.26. The number of hydrogen-bond donors (Lipinski definition) is 1. The molecule has 0 aliphatic heterocycles. The number of nitrogens with zero attached hydrogens (tertiary/aromatic N) is 1. The fourth-order valence-corrected chi connectivity index (χ4v) is 3.39. The highest BCUT2D eigenvalue weighted by Crippen LogP contribution is 2.28. The molecule has 4 rings (SSSR count). The molecule has 1 heterocycles. The average Bonchev–Trinajstić information content (AvgIpc) is 3.04. The number of rotatable bonds is 6. The molecule has 0 spiro atoms. The van der Waals surface area contributed by atoms with Gasteiger partial charge in [-0.15, -0.1) is 0 Å². The summed E-state index contributed by atoms with van der Waals surface area (Å²) in [6.45, 7) is 3.66. The number of hydrogen-bond acceptors (Lipinski definition) is 3. The van der Waals surface area contributed by atoms with E-state index in [1.165, 1.54) is 21.8 Å². The minimum atomic E-state index is -0.456. The van der Waals surface area contributed by atoms with Crippen LogP contribution in [0.25, 0.3) is 21.8 Å². The van der Waals surface area contributed by atoms with E-state index in [9.17, 15) is 4.79 Å². The molecule has 0 saturated heterocycles. The van der Waals surface area contributed by atoms with Gasteiger partial charge in [-0.1, -0.05) is 36.4 Å². The van der Waals surface area contributed by atoms with Crippen LogP contribution in [0, 0.1) is 0 Å². The molecule has 1 aromatic heterocycles. The van der Waals surface area contributed by atoms with Gasteiger partial charge < -0.3 is 19.4 Å². The lowest BCUT2D eigenvalue weighted by atomic mass is 10.2. The normalized spacial score (nSPS) is 10.9. The first-order valence-corrected chi connectivity index (χ1v) is 9.41. The summed E-state index contributed by atoms with van der Waals surface area (Å²) in [6, 6.07) is 23.9. The average molecular weight is 374 g/mol. The second-order valence-electron chi connectivity index (χ2n) is 6.43. The molecule has 0 aliphatic carbocycles. The van der Waals surface area contributed by atoms with Crippen LogP contribution < -0.4 is 14.8 Å². The Kier molecular flexibility index (Phi) is 5.15. The third-order valence-electron chi connectivity index (χ3n) is 4.62. The highest BCUT2D eigenvalue weighted by atomic mass is 16.6. The number of carbonyl (C=O) groups is 1. The SMILES string of the molecule is CCNC(=O)Oc1ccc(OCCn2c3ccccc3c3ccccc32)cc1. The zero-order chi connectivity index (χ0) is 19.3. The zero-order valence-electron chi connectivity index (χ0n) is 15.7. The molecule has 5 heteroatoms. The summed E-state index contributed by atoms with van der Waals surface area (Å²) >= 11 is 0. The first-order valence-electron chi connectivity index (χ1n) is 9.41. The van der Waals surface area contributed by atoms with E-state index in [0.29, 0.717) is 18.9 Å². The molecule has 0 bridgehead atoms. The van der Waals surface area contributed by atoms with Gasteiger partial charge in [0.2, 0.25) is 0 Å². The summed E-state index contributed by atoms with van der Waals surface area (Å²) in [5.41, 5.74) is 2.41. The third-order valence-corrected chi connectivity index (χ3v) is 4.62. The van der Waals surface area contributed by atoms with Crippen molar-refractivity contribution in [3.63, 3.8) is 0 Å². The van der Waals surface area contributed by atoms with E-state index in [-0.39, 0.29) is 0 Å². The van der Waals surface area contributed by atoms with Gasteiger partial charge in [-0.05, 0) is 43.3 Å². The Hall–Kier alpha value is -3.47. The van der Waals surface area contributed by atoms with Crippen molar-refractivity contribution in [2.45, 2.75) is 13.5 Å². The van der Waals surface area contributed by atoms with Crippen molar-refractivity contribution in [1.82, 2.24) is 9.88 Å². The van der Waals surface area contributed by atoms with Crippen molar-refractivity contribution in [1.29, 1.82) is 0 Å². The van der Waals surface area contributed by atoms with Crippen molar-refractivity contribution in [3.8, 4) is 11.5 Å². The van der Waals surface area contributed by atoms with Gasteiger partial charge in [-0.3, -0.25) is 0 Å². The maximum atomic E-state index is 11.4. The van der Waals surface area contributed by atoms with E-state index < -0.39 is 6.09 Å². The monoisotopic (exact) mass is 374 g/mol. The van der Waals surface area contributed by atoms with Crippen LogP contribution in [0.2, 0.25) is 0 Å². The molecule has 0 atom stereocenters. The van der Waals surface area contributed by atoms with Crippen molar-refractivity contribution >= 4 is 27.9 Å². The van der Waals surface area contributed by atoms with Crippen LogP contribution >= 0.6 is 0 Å². The highest BCUT2D eigenvalue weighted by Gasteiger charge is 2.09. The number of amides is 1. The Balaban J connectivity index is 1.45. The topological polar surface area (TPSA) is 52.5 Å². The van der Waals surface area contributed by atoms with Gasteiger partial charge in [0.05, 0.1) is 6.54 Å². The van der Waals surface area contributed by atoms with Crippen molar-refractivity contribution < 1.29 is 14.3 Å². The molecule has 28 heavy (non-hydrogen) atoms. The van der Waals surface area contributed by atoms with Gasteiger partial charge in [-0.2, -0.15) is 0 Å². The van der Waals surface area contributed by atoms with E-state index in [4.69, 9.17) is 9.47 Å². The molecule has 4 aromatic rings. The van der Waals surface area contributed by atoms with Gasteiger partial charge in [0.1, 0.15) is 18.1 Å². The van der Waals surface area contributed by atoms with E-state index in [2.05, 4.69) is 58.4 Å². The fraction of sp³-hybridized carbons (Fsp3) is 0.174. The Morgan fingerprint density at radius 3 is 2.04 bits per heavy atom. The van der Waals surface area contributed by atoms with Gasteiger partial charge in [0.25, 0.3) is 0 Å². The summed E-state index contributed by atoms with van der Waals surface area (Å²) in [5, 5.41) is 5.10. The Morgan fingerprint density at radius 2 is 1.43 bits per heavy atom. The van der Waals surface area contributed by atoms with Gasteiger partial charge >= 0.3 is 6.09 Å². The van der Waals surface area contributed by atoms with Gasteiger partial charge in [-0.25, -0.2) is 4.79 Å². The second-order valence-corrected chi connectivity index (χ2v) is 6.43. The lowest BCUT2D eigenvalue weighted by Gasteiger charge is -2.10. The number of para-hydroxylation sites is 2. The maximum Gasteiger partial charge on any atom is 0.412 e. The van der Waals surface area contributed by atoms with Crippen LogP contribution in [0.5, 0.6) is 11.5 Å². The third kappa shape index (κ3) is 3.64. The Bertz CT molecular complexity index is 1050. The first-order chi connectivity index (χ1) is 13.8. The molecular weight excluding hydrogens is 352 g/mol. The lowest BCUT2D eigenvalue weighted by molar-refractivity contribution is 0.201. The molecule has 0 fully saturated rings. The van der Waals surface area contributed by atoms with E-state index in [0.717, 1.165) is 12.3 Å². The predicted octanol–water partition coefficient (Wildman–Crippen LogP) is 4.98. The standard InChI is InChI=1S/C23H22N2O3/c1-2-24-23(26)28-18-13-11-17(12-14-18)27-16-15-25-21-9-5-3-7-19(21)20-8-4-6-10-22(20)25/h3-14H,2,15-16H2,1H3,(H,24,26). The summed E-state index contributed by atoms with van der Waals surface area (Å²) in [6.07, 6.45) is -0.456. The summed E-state index contributed by atoms with van der Waals surface area (Å²) in [4.78, 5) is 11.4. The molecule has 0 unspecified atom stereocenters. The smallest absolute Gasteiger partial charge is 0.412 e. The summed E-state index contributed by atoms with van der Waals surface area (Å²) in [5.74, 6) is 1.23. The van der Waals surface area contributed by atoms with E-state index in [1.54, 1.807) is 24.3 Å². The minimum absolute atomic E-state index is 0.456. The van der Waals surface area contributed by atoms with E-state index in [1.807, 2.05) is 6.92 Å². The van der Waals surface area contributed by atoms with Crippen molar-refractivity contribution in [2.24, 2.45) is 0 Å². The van der Waals surface area contributed by atoms with Crippen LogP contribution in [0.3, 0.4) is 0 Å². The number of aromatic nitrogens is 1. The quantitative estimate of drug-likeness (QED) is 0.518. The van der Waals surface area contributed by atoms with Crippen LogP contribution in [0.15, 0.2) is 72.8 Å². The minimum Gasteiger partial charge on any atom is -0.492 e. The fourth-order valence-electron chi connectivity index (χ4n) is 3.39. The highest BCUT2D eigenvalue weighted by molar-refractivity contribution is 6.07. The van der Waals surface area contributed by atoms with Crippen LogP contribution in [0.4, 0.5) is 4.79 Å². The number of fused-ring (bicyclic) bond motifs is 3. The molecule has 3 aromatic carbocycles. The van der Waals surface area contributed by atoms with E-state index >= 15 is 0 Å². The second kappa shape index (κ2) is 8.05. The van der Waals surface area contributed by atoms with Crippen LogP contribution in [0.1, 0.15) is 6.92 Å². The number of nitrogens with one attached hydrogen (secondary N) is 1. The summed E-state index contributed by atoms with van der Waals surface area (Å²) < 4.78 is 13.4. The largest absolute Gasteiger partial charge is 0.492 e.